The normalized spacial score (nSPS) is 47.8. The van der Waals surface area contributed by atoms with E-state index in [4.69, 9.17) is 23.4 Å². The third kappa shape index (κ3) is 2.82. The van der Waals surface area contributed by atoms with Crippen molar-refractivity contribution in [1.82, 2.24) is 0 Å². The summed E-state index contributed by atoms with van der Waals surface area (Å²) in [6.07, 6.45) is 2.37. The molecule has 10 nitrogen and oxygen atoms in total. The maximum Gasteiger partial charge on any atom is 0.339 e. The molecule has 206 valence electrons. The number of oxime groups is 1. The van der Waals surface area contributed by atoms with Crippen LogP contribution in [-0.4, -0.2) is 52.2 Å². The van der Waals surface area contributed by atoms with E-state index in [0.717, 1.165) is 5.56 Å². The van der Waals surface area contributed by atoms with Gasteiger partial charge in [0, 0.05) is 34.7 Å². The molecule has 38 heavy (non-hydrogen) atoms. The average molecular weight is 530 g/mol. The summed E-state index contributed by atoms with van der Waals surface area (Å²) in [7, 11) is 0. The van der Waals surface area contributed by atoms with Crippen molar-refractivity contribution in [2.45, 2.75) is 96.7 Å². The monoisotopic (exact) mass is 529 g/mol. The van der Waals surface area contributed by atoms with Crippen LogP contribution < -0.4 is 0 Å². The maximum atomic E-state index is 13.3. The highest BCUT2D eigenvalue weighted by Gasteiger charge is 2.88. The first-order chi connectivity index (χ1) is 17.8. The van der Waals surface area contributed by atoms with Crippen LogP contribution in [0, 0.1) is 28.1 Å². The topological polar surface area (TPSA) is 137 Å². The minimum absolute atomic E-state index is 0.0809. The molecular weight excluding hydrogens is 494 g/mol. The fraction of sp³-hybridized carbons (Fsp3) is 0.714. The zero-order valence-corrected chi connectivity index (χ0v) is 22.6. The van der Waals surface area contributed by atoms with Crippen LogP contribution in [0.5, 0.6) is 0 Å². The molecule has 1 N–H and O–H groups in total. The van der Waals surface area contributed by atoms with Gasteiger partial charge < -0.3 is 28.6 Å². The van der Waals surface area contributed by atoms with Gasteiger partial charge in [0.2, 0.25) is 0 Å². The Hall–Kier alpha value is -2.88. The molecule has 1 unspecified atom stereocenters. The van der Waals surface area contributed by atoms with Gasteiger partial charge in [-0.25, -0.2) is 4.79 Å². The Balaban J connectivity index is 1.56. The van der Waals surface area contributed by atoms with Gasteiger partial charge in [0.05, 0.1) is 24.7 Å². The van der Waals surface area contributed by atoms with Crippen molar-refractivity contribution in [3.05, 3.63) is 24.2 Å². The number of ether oxygens (including phenoxy) is 4. The first-order valence-corrected chi connectivity index (χ1v) is 13.3. The van der Waals surface area contributed by atoms with Gasteiger partial charge >= 0.3 is 17.9 Å². The van der Waals surface area contributed by atoms with E-state index in [2.05, 4.69) is 19.0 Å². The van der Waals surface area contributed by atoms with Crippen LogP contribution >= 0.6 is 0 Å². The third-order valence-electron chi connectivity index (χ3n) is 10.9. The highest BCUT2D eigenvalue weighted by molar-refractivity contribution is 5.96. The molecule has 0 amide bonds. The SMILES string of the molecule is CC(=O)OC1CC(=O)OC(C)(C)[C@@H]2C/C(=N\O)[C@]3(C)[C@H](CC[C@@]4(C)[C@H](c5ccoc5)OC(=O)[C@H]5O[C@]543)[C@@]12C. The van der Waals surface area contributed by atoms with Gasteiger partial charge in [-0.05, 0) is 45.1 Å². The largest absolute Gasteiger partial charge is 0.472 e. The van der Waals surface area contributed by atoms with Crippen LogP contribution in [0.2, 0.25) is 0 Å². The Labute approximate surface area is 221 Å². The minimum atomic E-state index is -1.03. The van der Waals surface area contributed by atoms with Crippen LogP contribution in [0.25, 0.3) is 0 Å². The molecule has 3 aliphatic heterocycles. The summed E-state index contributed by atoms with van der Waals surface area (Å²) in [6, 6.07) is 1.79. The van der Waals surface area contributed by atoms with Gasteiger partial charge in [0.15, 0.2) is 6.10 Å². The summed E-state index contributed by atoms with van der Waals surface area (Å²) >= 11 is 0. The third-order valence-corrected chi connectivity index (χ3v) is 10.9. The second-order valence-electron chi connectivity index (χ2n) is 12.9. The summed E-state index contributed by atoms with van der Waals surface area (Å²) in [6.45, 7) is 11.2. The average Bonchev–Trinajstić information content (AvgIpc) is 3.41. The lowest BCUT2D eigenvalue weighted by Crippen LogP contribution is -2.72. The molecule has 2 aliphatic carbocycles. The highest BCUT2D eigenvalue weighted by atomic mass is 16.7. The molecule has 3 saturated heterocycles. The van der Waals surface area contributed by atoms with E-state index < -0.39 is 63.7 Å². The lowest BCUT2D eigenvalue weighted by Gasteiger charge is -2.66. The molecule has 10 heteroatoms. The van der Waals surface area contributed by atoms with Crippen LogP contribution in [0.15, 0.2) is 28.2 Å². The molecule has 0 radical (unpaired) electrons. The number of cyclic esters (lactones) is 2. The Morgan fingerprint density at radius 1 is 1.11 bits per heavy atom. The van der Waals surface area contributed by atoms with Crippen molar-refractivity contribution in [1.29, 1.82) is 0 Å². The Kier molecular flexibility index (Phi) is 5.09. The number of hydrogen-bond acceptors (Lipinski definition) is 10. The number of fused-ring (bicyclic) bond motifs is 3. The summed E-state index contributed by atoms with van der Waals surface area (Å²) < 4.78 is 29.6. The zero-order chi connectivity index (χ0) is 27.5. The fourth-order valence-electron chi connectivity index (χ4n) is 9.41. The maximum absolute atomic E-state index is 13.3. The second-order valence-corrected chi connectivity index (χ2v) is 12.9. The second kappa shape index (κ2) is 7.61. The Morgan fingerprint density at radius 3 is 2.47 bits per heavy atom. The van der Waals surface area contributed by atoms with E-state index in [9.17, 15) is 19.6 Å². The van der Waals surface area contributed by atoms with Gasteiger partial charge in [-0.2, -0.15) is 0 Å². The van der Waals surface area contributed by atoms with Gasteiger partial charge in [0.25, 0.3) is 0 Å². The van der Waals surface area contributed by atoms with Crippen molar-refractivity contribution >= 4 is 23.6 Å². The number of rotatable bonds is 2. The van der Waals surface area contributed by atoms with Crippen LogP contribution in [-0.2, 0) is 33.3 Å². The standard InChI is InChI=1S/C28H35NO9/c1-14(30)35-19-12-20(31)37-24(2,3)17-11-18(29-33)27(6)16(26(17,19)5)7-9-25(4)21(15-8-10-34-13-15)36-23(32)22-28(25,27)38-22/h8,10,13,16-17,19,21-22,33H,7,9,11-12H2,1-6H3/b29-18+/t16-,17+,19?,21+,22-,25+,26-,27+,28-/m1/s1. The van der Waals surface area contributed by atoms with Gasteiger partial charge in [-0.15, -0.1) is 0 Å². The number of carbonyl (C=O) groups is 3. The lowest BCUT2D eigenvalue weighted by molar-refractivity contribution is -0.215. The molecule has 1 aromatic heterocycles. The van der Waals surface area contributed by atoms with Crippen LogP contribution in [0.4, 0.5) is 0 Å². The Morgan fingerprint density at radius 2 is 1.84 bits per heavy atom. The Bertz CT molecular complexity index is 1240. The molecule has 5 fully saturated rings. The molecule has 5 aliphatic rings. The van der Waals surface area contributed by atoms with Gasteiger partial charge in [-0.1, -0.05) is 25.9 Å². The summed E-state index contributed by atoms with van der Waals surface area (Å²) in [5, 5.41) is 14.4. The molecule has 6 rings (SSSR count). The van der Waals surface area contributed by atoms with E-state index in [1.807, 2.05) is 20.8 Å². The molecule has 1 spiro atoms. The number of furan rings is 1. The van der Waals surface area contributed by atoms with Crippen molar-refractivity contribution in [3.8, 4) is 0 Å². The van der Waals surface area contributed by atoms with Crippen molar-refractivity contribution in [3.63, 3.8) is 0 Å². The first kappa shape index (κ1) is 25.4. The molecule has 1 aromatic rings. The highest BCUT2D eigenvalue weighted by Crippen LogP contribution is 2.78. The molecule has 0 aromatic carbocycles. The number of nitrogens with zero attached hydrogens (tertiary/aromatic N) is 1. The van der Waals surface area contributed by atoms with E-state index in [1.54, 1.807) is 18.6 Å². The van der Waals surface area contributed by atoms with Gasteiger partial charge in [0.1, 0.15) is 23.4 Å². The number of epoxide rings is 1. The number of carbonyl (C=O) groups excluding carboxylic acids is 3. The predicted octanol–water partition coefficient (Wildman–Crippen LogP) is 3.95. The predicted molar refractivity (Wildman–Crippen MR) is 130 cm³/mol. The van der Waals surface area contributed by atoms with Crippen molar-refractivity contribution in [2.24, 2.45) is 33.2 Å². The quantitative estimate of drug-likeness (QED) is 0.198. The minimum Gasteiger partial charge on any atom is -0.472 e. The van der Waals surface area contributed by atoms with Crippen LogP contribution in [0.3, 0.4) is 0 Å². The van der Waals surface area contributed by atoms with Crippen molar-refractivity contribution < 1.29 is 43.0 Å². The number of hydrogen-bond donors (Lipinski definition) is 1. The smallest absolute Gasteiger partial charge is 0.339 e. The summed E-state index contributed by atoms with van der Waals surface area (Å²) in [5.74, 6) is -1.98. The lowest BCUT2D eigenvalue weighted by atomic mass is 9.36. The molecule has 0 bridgehead atoms. The molecule has 4 heterocycles. The molecular formula is C28H35NO9. The van der Waals surface area contributed by atoms with Crippen molar-refractivity contribution in [2.75, 3.05) is 0 Å². The van der Waals surface area contributed by atoms with E-state index in [-0.39, 0.29) is 24.7 Å². The molecule has 9 atom stereocenters. The zero-order valence-electron chi connectivity index (χ0n) is 22.6. The summed E-state index contributed by atoms with van der Waals surface area (Å²) in [5.41, 5.74) is -3.08. The van der Waals surface area contributed by atoms with E-state index in [0.29, 0.717) is 18.6 Å². The van der Waals surface area contributed by atoms with Gasteiger partial charge in [-0.3, -0.25) is 9.59 Å². The fourth-order valence-corrected chi connectivity index (χ4v) is 9.41. The molecule has 2 saturated carbocycles. The summed E-state index contributed by atoms with van der Waals surface area (Å²) in [4.78, 5) is 38.6. The first-order valence-electron chi connectivity index (χ1n) is 13.3. The van der Waals surface area contributed by atoms with Crippen LogP contribution in [0.1, 0.15) is 78.9 Å². The number of esters is 3. The van der Waals surface area contributed by atoms with E-state index in [1.165, 1.54) is 6.92 Å². The van der Waals surface area contributed by atoms with E-state index >= 15 is 0 Å².